The Morgan fingerprint density at radius 3 is 2.13 bits per heavy atom. The molecule has 0 fully saturated rings. The van der Waals surface area contributed by atoms with Gasteiger partial charge in [0.25, 0.3) is 0 Å². The van der Waals surface area contributed by atoms with Crippen LogP contribution in [0.2, 0.25) is 0 Å². The Kier molecular flexibility index (Phi) is 2.89. The molecule has 0 N–H and O–H groups in total. The van der Waals surface area contributed by atoms with Crippen molar-refractivity contribution in [1.82, 2.24) is 0 Å². The van der Waals surface area contributed by atoms with Gasteiger partial charge in [0.05, 0.1) is 0 Å². The van der Waals surface area contributed by atoms with Crippen molar-refractivity contribution in [1.29, 1.82) is 0 Å². The van der Waals surface area contributed by atoms with Crippen molar-refractivity contribution in [3.63, 3.8) is 0 Å². The third-order valence-corrected chi connectivity index (χ3v) is 2.20. The minimum absolute atomic E-state index is 0.677. The smallest absolute Gasteiger partial charge is 0.404 e. The molecule has 0 radical (unpaired) electrons. The number of benzene rings is 1. The molecule has 1 aromatic carbocycles. The van der Waals surface area contributed by atoms with E-state index >= 15 is 0 Å². The van der Waals surface area contributed by atoms with Crippen molar-refractivity contribution in [2.24, 2.45) is 0 Å². The van der Waals surface area contributed by atoms with Crippen LogP contribution in [-0.2, 0) is 10.2 Å². The third kappa shape index (κ3) is 3.39. The van der Waals surface area contributed by atoms with Crippen LogP contribution in [0.5, 0.6) is 5.75 Å². The molecule has 0 aliphatic rings. The van der Waals surface area contributed by atoms with Gasteiger partial charge in [0.2, 0.25) is 0 Å². The van der Waals surface area contributed by atoms with E-state index in [1.807, 2.05) is 0 Å². The molecule has 15 heavy (non-hydrogen) atoms. The lowest BCUT2D eigenvalue weighted by Crippen LogP contribution is -2.18. The van der Waals surface area contributed by atoms with E-state index < -0.39 is 27.2 Å². The van der Waals surface area contributed by atoms with Crippen molar-refractivity contribution in [3.05, 3.63) is 24.3 Å². The number of para-hydroxylation sites is 1. The fraction of sp³-hybridized carbons (Fsp3) is 0.143. The van der Waals surface area contributed by atoms with Crippen molar-refractivity contribution in [3.8, 4) is 5.75 Å². The molecule has 0 spiro atoms. The van der Waals surface area contributed by atoms with E-state index in [2.05, 4.69) is 4.74 Å². The van der Waals surface area contributed by atoms with Gasteiger partial charge >= 0.3 is 16.6 Å². The Morgan fingerprint density at radius 1 is 1.13 bits per heavy atom. The summed E-state index contributed by atoms with van der Waals surface area (Å²) in [7, 11) is -5.23. The molecule has 1 aromatic rings. The van der Waals surface area contributed by atoms with E-state index in [4.69, 9.17) is 0 Å². The lowest BCUT2D eigenvalue weighted by Gasteiger charge is -2.10. The standard InChI is InChI=1S/C7H4F4O3S/c8-7(9,10)14-5-3-1-2-4-6(5)15(11,12)13/h1-4H. The van der Waals surface area contributed by atoms with E-state index in [1.54, 1.807) is 0 Å². The summed E-state index contributed by atoms with van der Waals surface area (Å²) in [6.45, 7) is 0. The van der Waals surface area contributed by atoms with E-state index in [-0.39, 0.29) is 0 Å². The summed E-state index contributed by atoms with van der Waals surface area (Å²) in [5, 5.41) is 0. The molecule has 84 valence electrons. The van der Waals surface area contributed by atoms with E-state index in [0.29, 0.717) is 12.1 Å². The first-order valence-corrected chi connectivity index (χ1v) is 4.88. The first kappa shape index (κ1) is 11.8. The molecular weight excluding hydrogens is 240 g/mol. The summed E-state index contributed by atoms with van der Waals surface area (Å²) < 4.78 is 72.0. The topological polar surface area (TPSA) is 43.4 Å². The highest BCUT2D eigenvalue weighted by Crippen LogP contribution is 2.30. The third-order valence-electron chi connectivity index (χ3n) is 1.34. The lowest BCUT2D eigenvalue weighted by atomic mass is 10.3. The molecule has 0 saturated carbocycles. The van der Waals surface area contributed by atoms with Crippen molar-refractivity contribution in [2.75, 3.05) is 0 Å². The normalized spacial score (nSPS) is 12.5. The number of hydrogen-bond acceptors (Lipinski definition) is 3. The molecule has 1 rings (SSSR count). The maximum Gasteiger partial charge on any atom is 0.573 e. The van der Waals surface area contributed by atoms with Gasteiger partial charge in [0, 0.05) is 0 Å². The fourth-order valence-corrected chi connectivity index (χ4v) is 1.45. The van der Waals surface area contributed by atoms with Gasteiger partial charge in [-0.2, -0.15) is 8.42 Å². The van der Waals surface area contributed by atoms with Crippen LogP contribution in [0.15, 0.2) is 29.2 Å². The summed E-state index contributed by atoms with van der Waals surface area (Å²) in [6, 6.07) is 3.56. The highest BCUT2D eigenvalue weighted by molar-refractivity contribution is 7.86. The Labute approximate surface area is 82.5 Å². The van der Waals surface area contributed by atoms with Crippen LogP contribution in [0.4, 0.5) is 17.1 Å². The second-order valence-corrected chi connectivity index (χ2v) is 3.75. The zero-order valence-corrected chi connectivity index (χ0v) is 7.77. The predicted molar refractivity (Wildman–Crippen MR) is 41.4 cm³/mol. The van der Waals surface area contributed by atoms with E-state index in [1.165, 1.54) is 0 Å². The fourth-order valence-electron chi connectivity index (χ4n) is 0.861. The Morgan fingerprint density at radius 2 is 1.67 bits per heavy atom. The number of rotatable bonds is 2. The van der Waals surface area contributed by atoms with Crippen LogP contribution in [0.3, 0.4) is 0 Å². The van der Waals surface area contributed by atoms with Crippen molar-refractivity contribution < 1.29 is 30.2 Å². The van der Waals surface area contributed by atoms with Gasteiger partial charge in [-0.25, -0.2) is 0 Å². The van der Waals surface area contributed by atoms with Crippen LogP contribution >= 0.6 is 0 Å². The van der Waals surface area contributed by atoms with Crippen molar-refractivity contribution >= 4 is 10.2 Å². The molecule has 0 saturated heterocycles. The van der Waals surface area contributed by atoms with Crippen LogP contribution in [0.25, 0.3) is 0 Å². The van der Waals surface area contributed by atoms with Gasteiger partial charge in [0.15, 0.2) is 5.75 Å². The number of ether oxygens (including phenoxy) is 1. The molecule has 0 bridgehead atoms. The minimum Gasteiger partial charge on any atom is -0.404 e. The summed E-state index contributed by atoms with van der Waals surface area (Å²) in [5.41, 5.74) is 0. The highest BCUT2D eigenvalue weighted by atomic mass is 32.3. The number of alkyl halides is 3. The average Bonchev–Trinajstić information content (AvgIpc) is 1.99. The maximum atomic E-state index is 12.5. The Balaban J connectivity index is 3.20. The molecule has 0 unspecified atom stereocenters. The molecule has 0 aromatic heterocycles. The maximum absolute atomic E-state index is 12.5. The molecular formula is C7H4F4O3S. The quantitative estimate of drug-likeness (QED) is 0.592. The van der Waals surface area contributed by atoms with Crippen LogP contribution in [0.1, 0.15) is 0 Å². The average molecular weight is 244 g/mol. The van der Waals surface area contributed by atoms with Crippen LogP contribution < -0.4 is 4.74 Å². The molecule has 8 heteroatoms. The zero-order valence-electron chi connectivity index (χ0n) is 6.95. The SMILES string of the molecule is O=S(=O)(F)c1ccccc1OC(F)(F)F. The van der Waals surface area contributed by atoms with E-state index in [9.17, 15) is 25.5 Å². The largest absolute Gasteiger partial charge is 0.573 e. The van der Waals surface area contributed by atoms with Gasteiger partial charge in [-0.1, -0.05) is 12.1 Å². The molecule has 0 aliphatic heterocycles. The minimum atomic E-state index is -5.23. The van der Waals surface area contributed by atoms with Gasteiger partial charge < -0.3 is 4.74 Å². The van der Waals surface area contributed by atoms with Crippen LogP contribution in [-0.4, -0.2) is 14.8 Å². The first-order chi connectivity index (χ1) is 6.70. The van der Waals surface area contributed by atoms with E-state index in [0.717, 1.165) is 12.1 Å². The summed E-state index contributed by atoms with van der Waals surface area (Å²) in [6.07, 6.45) is -5.07. The number of halogens is 4. The van der Waals surface area contributed by atoms with Gasteiger partial charge in [-0.3, -0.25) is 0 Å². The molecule has 0 aliphatic carbocycles. The second kappa shape index (κ2) is 3.69. The Hall–Kier alpha value is -1.31. The number of hydrogen-bond donors (Lipinski definition) is 0. The first-order valence-electron chi connectivity index (χ1n) is 3.49. The molecule has 0 heterocycles. The zero-order chi connectivity index (χ0) is 11.7. The summed E-state index contributed by atoms with van der Waals surface area (Å²) in [4.78, 5) is -1.15. The second-order valence-electron chi connectivity index (χ2n) is 2.43. The van der Waals surface area contributed by atoms with Gasteiger partial charge in [-0.05, 0) is 12.1 Å². The van der Waals surface area contributed by atoms with Gasteiger partial charge in [0.1, 0.15) is 4.90 Å². The van der Waals surface area contributed by atoms with Crippen molar-refractivity contribution in [2.45, 2.75) is 11.3 Å². The Bertz CT molecular complexity index is 452. The summed E-state index contributed by atoms with van der Waals surface area (Å²) >= 11 is 0. The predicted octanol–water partition coefficient (Wildman–Crippen LogP) is 2.24. The monoisotopic (exact) mass is 244 g/mol. The molecule has 0 amide bonds. The molecule has 0 atom stereocenters. The molecule has 3 nitrogen and oxygen atoms in total. The van der Waals surface area contributed by atoms with Crippen LogP contribution in [0, 0.1) is 0 Å². The summed E-state index contributed by atoms with van der Waals surface area (Å²) in [5.74, 6) is -1.09. The highest BCUT2D eigenvalue weighted by Gasteiger charge is 2.33. The van der Waals surface area contributed by atoms with Gasteiger partial charge in [-0.15, -0.1) is 17.1 Å². The lowest BCUT2D eigenvalue weighted by molar-refractivity contribution is -0.275.